The van der Waals surface area contributed by atoms with Gasteiger partial charge < -0.3 is 10.1 Å². The number of β-amino-alcohol motifs (C(OH)–C–C–N with tert-alkyl or cyclic N) is 1. The minimum atomic E-state index is -0.570. The number of aromatic nitrogens is 1. The smallest absolute Gasteiger partial charge is 0.293 e. The van der Waals surface area contributed by atoms with Crippen molar-refractivity contribution in [2.45, 2.75) is 6.10 Å². The third-order valence-electron chi connectivity index (χ3n) is 1.85. The highest BCUT2D eigenvalue weighted by atomic mass is 16.7. The van der Waals surface area contributed by atoms with Crippen LogP contribution in [0.2, 0.25) is 0 Å². The maximum absolute atomic E-state index is 11.5. The van der Waals surface area contributed by atoms with E-state index in [9.17, 15) is 4.79 Å². The van der Waals surface area contributed by atoms with Crippen LogP contribution in [0.5, 0.6) is 0 Å². The maximum atomic E-state index is 11.5. The molecule has 1 saturated heterocycles. The van der Waals surface area contributed by atoms with E-state index in [4.69, 9.17) is 9.94 Å². The highest BCUT2D eigenvalue weighted by molar-refractivity contribution is 5.91. The minimum absolute atomic E-state index is 0.187. The van der Waals surface area contributed by atoms with Crippen molar-refractivity contribution in [2.24, 2.45) is 0 Å². The van der Waals surface area contributed by atoms with E-state index in [0.717, 1.165) is 5.06 Å². The second kappa shape index (κ2) is 3.20. The van der Waals surface area contributed by atoms with Gasteiger partial charge in [-0.05, 0) is 12.1 Å². The first-order valence-electron chi connectivity index (χ1n) is 4.03. The van der Waals surface area contributed by atoms with E-state index in [1.54, 1.807) is 18.3 Å². The Morgan fingerprint density at radius 3 is 3.15 bits per heavy atom. The van der Waals surface area contributed by atoms with Crippen LogP contribution in [0.3, 0.4) is 0 Å². The molecule has 5 heteroatoms. The number of rotatable bonds is 1. The zero-order valence-electron chi connectivity index (χ0n) is 6.93. The van der Waals surface area contributed by atoms with E-state index in [1.165, 1.54) is 0 Å². The lowest BCUT2D eigenvalue weighted by atomic mass is 10.3. The monoisotopic (exact) mass is 182 g/mol. The number of nitrogens with one attached hydrogen (secondary N) is 1. The van der Waals surface area contributed by atoms with Gasteiger partial charge in [-0.3, -0.25) is 9.63 Å². The topological polar surface area (TPSA) is 65.6 Å². The van der Waals surface area contributed by atoms with Crippen molar-refractivity contribution in [3.63, 3.8) is 0 Å². The fourth-order valence-corrected chi connectivity index (χ4v) is 1.21. The molecule has 0 aliphatic carbocycles. The van der Waals surface area contributed by atoms with E-state index in [2.05, 4.69) is 4.98 Å². The number of hydrogen-bond acceptors (Lipinski definition) is 3. The summed E-state index contributed by atoms with van der Waals surface area (Å²) in [6, 6.07) is 3.40. The zero-order chi connectivity index (χ0) is 9.26. The third-order valence-corrected chi connectivity index (χ3v) is 1.85. The zero-order valence-corrected chi connectivity index (χ0v) is 6.93. The molecule has 1 fully saturated rings. The summed E-state index contributed by atoms with van der Waals surface area (Å²) in [6.07, 6.45) is 1.10. The molecule has 70 valence electrons. The minimum Gasteiger partial charge on any atom is -0.389 e. The lowest BCUT2D eigenvalue weighted by molar-refractivity contribution is -0.0782. The Morgan fingerprint density at radius 1 is 1.77 bits per heavy atom. The maximum Gasteiger partial charge on any atom is 0.293 e. The number of hydrogen-bond donors (Lipinski definition) is 2. The lowest BCUT2D eigenvalue weighted by Gasteiger charge is -2.11. The third kappa shape index (κ3) is 1.56. The molecule has 1 aromatic rings. The Kier molecular flexibility index (Phi) is 2.03. The molecular formula is C8H10N2O3. The van der Waals surface area contributed by atoms with Crippen LogP contribution >= 0.6 is 0 Å². The van der Waals surface area contributed by atoms with E-state index < -0.39 is 6.10 Å². The molecule has 1 aliphatic heterocycles. The second-order valence-corrected chi connectivity index (χ2v) is 2.90. The van der Waals surface area contributed by atoms with E-state index >= 15 is 0 Å². The highest BCUT2D eigenvalue weighted by Crippen LogP contribution is 2.09. The van der Waals surface area contributed by atoms with Crippen LogP contribution in [-0.4, -0.2) is 40.3 Å². The number of aliphatic hydroxyl groups excluding tert-OH is 1. The molecular weight excluding hydrogens is 172 g/mol. The van der Waals surface area contributed by atoms with Crippen molar-refractivity contribution in [2.75, 3.05) is 13.2 Å². The molecule has 13 heavy (non-hydrogen) atoms. The SMILES string of the molecule is O=C(c1ccc[nH]1)N1CC(O)CO1. The van der Waals surface area contributed by atoms with Crippen molar-refractivity contribution in [1.82, 2.24) is 10.0 Å². The first kappa shape index (κ1) is 8.28. The van der Waals surface area contributed by atoms with E-state index in [1.807, 2.05) is 0 Å². The first-order chi connectivity index (χ1) is 6.27. The van der Waals surface area contributed by atoms with Gasteiger partial charge in [-0.15, -0.1) is 0 Å². The largest absolute Gasteiger partial charge is 0.389 e. The molecule has 1 atom stereocenters. The number of carbonyl (C=O) groups is 1. The van der Waals surface area contributed by atoms with Crippen molar-refractivity contribution >= 4 is 5.91 Å². The van der Waals surface area contributed by atoms with Gasteiger partial charge in [0.05, 0.1) is 6.54 Å². The second-order valence-electron chi connectivity index (χ2n) is 2.90. The predicted octanol–water partition coefficient (Wildman–Crippen LogP) is -0.237. The average molecular weight is 182 g/mol. The van der Waals surface area contributed by atoms with Crippen molar-refractivity contribution in [3.05, 3.63) is 24.0 Å². The van der Waals surface area contributed by atoms with Gasteiger partial charge in [-0.1, -0.05) is 0 Å². The number of aliphatic hydroxyl groups is 1. The number of amides is 1. The lowest BCUT2D eigenvalue weighted by Crippen LogP contribution is -2.28. The Hall–Kier alpha value is -1.33. The molecule has 5 nitrogen and oxygen atoms in total. The molecule has 2 rings (SSSR count). The van der Waals surface area contributed by atoms with Gasteiger partial charge in [-0.2, -0.15) is 0 Å². The van der Waals surface area contributed by atoms with Gasteiger partial charge in [0, 0.05) is 6.20 Å². The molecule has 0 saturated carbocycles. The molecule has 1 unspecified atom stereocenters. The summed E-state index contributed by atoms with van der Waals surface area (Å²) >= 11 is 0. The molecule has 0 aromatic carbocycles. The number of aromatic amines is 1. The molecule has 1 aromatic heterocycles. The molecule has 2 heterocycles. The van der Waals surface area contributed by atoms with Crippen molar-refractivity contribution in [3.8, 4) is 0 Å². The molecule has 1 aliphatic rings. The van der Waals surface area contributed by atoms with E-state index in [-0.39, 0.29) is 19.1 Å². The van der Waals surface area contributed by atoms with Gasteiger partial charge in [0.2, 0.25) is 0 Å². The standard InChI is InChI=1S/C8H10N2O3/c11-6-4-10(13-5-6)8(12)7-2-1-3-9-7/h1-3,6,9,11H,4-5H2. The summed E-state index contributed by atoms with van der Waals surface area (Å²) < 4.78 is 0. The number of nitrogens with zero attached hydrogens (tertiary/aromatic N) is 1. The highest BCUT2D eigenvalue weighted by Gasteiger charge is 2.27. The Morgan fingerprint density at radius 2 is 2.62 bits per heavy atom. The van der Waals surface area contributed by atoms with Gasteiger partial charge in [0.25, 0.3) is 5.91 Å². The van der Waals surface area contributed by atoms with Crippen LogP contribution in [0.15, 0.2) is 18.3 Å². The van der Waals surface area contributed by atoms with E-state index in [0.29, 0.717) is 5.69 Å². The first-order valence-corrected chi connectivity index (χ1v) is 4.03. The molecule has 0 bridgehead atoms. The van der Waals surface area contributed by atoms with Crippen LogP contribution in [0, 0.1) is 0 Å². The summed E-state index contributed by atoms with van der Waals surface area (Å²) in [5.74, 6) is -0.249. The van der Waals surface area contributed by atoms with Gasteiger partial charge in [0.1, 0.15) is 18.4 Å². The molecule has 0 spiro atoms. The number of hydroxylamine groups is 2. The fourth-order valence-electron chi connectivity index (χ4n) is 1.21. The van der Waals surface area contributed by atoms with Crippen LogP contribution in [-0.2, 0) is 4.84 Å². The van der Waals surface area contributed by atoms with Crippen molar-refractivity contribution in [1.29, 1.82) is 0 Å². The van der Waals surface area contributed by atoms with Crippen molar-refractivity contribution < 1.29 is 14.7 Å². The predicted molar refractivity (Wildman–Crippen MR) is 43.8 cm³/mol. The fraction of sp³-hybridized carbons (Fsp3) is 0.375. The van der Waals surface area contributed by atoms with Gasteiger partial charge >= 0.3 is 0 Å². The number of H-pyrrole nitrogens is 1. The van der Waals surface area contributed by atoms with Crippen LogP contribution in [0.1, 0.15) is 10.5 Å². The summed E-state index contributed by atoms with van der Waals surface area (Å²) in [7, 11) is 0. The molecule has 0 radical (unpaired) electrons. The molecule has 1 amide bonds. The van der Waals surface area contributed by atoms with Crippen LogP contribution in [0.25, 0.3) is 0 Å². The summed E-state index contributed by atoms with van der Waals surface area (Å²) in [5.41, 5.74) is 0.467. The molecule has 2 N–H and O–H groups in total. The summed E-state index contributed by atoms with van der Waals surface area (Å²) in [5, 5.41) is 10.3. The van der Waals surface area contributed by atoms with Gasteiger partial charge in [-0.25, -0.2) is 5.06 Å². The Balaban J connectivity index is 2.06. The van der Waals surface area contributed by atoms with Crippen LogP contribution in [0.4, 0.5) is 0 Å². The van der Waals surface area contributed by atoms with Gasteiger partial charge in [0.15, 0.2) is 0 Å². The Labute approximate surface area is 74.9 Å². The quantitative estimate of drug-likeness (QED) is 0.630. The summed E-state index contributed by atoms with van der Waals surface area (Å²) in [4.78, 5) is 19.3. The Bertz CT molecular complexity index is 296. The average Bonchev–Trinajstić information content (AvgIpc) is 2.72. The number of carbonyl (C=O) groups excluding carboxylic acids is 1. The summed E-state index contributed by atoms with van der Waals surface area (Å²) in [6.45, 7) is 0.421. The van der Waals surface area contributed by atoms with Crippen LogP contribution < -0.4 is 0 Å². The normalized spacial score (nSPS) is 22.2.